The Bertz CT molecular complexity index is 750. The van der Waals surface area contributed by atoms with Gasteiger partial charge in [0.2, 0.25) is 0 Å². The fourth-order valence-electron chi connectivity index (χ4n) is 3.35. The van der Waals surface area contributed by atoms with Crippen molar-refractivity contribution in [2.75, 3.05) is 19.8 Å². The average molecular weight is 355 g/mol. The molecule has 0 radical (unpaired) electrons. The zero-order chi connectivity index (χ0) is 17.5. The Hall–Kier alpha value is -1.92. The molecular weight excluding hydrogens is 339 g/mol. The lowest BCUT2D eigenvalue weighted by Gasteiger charge is -2.40. The quantitative estimate of drug-likeness (QED) is 0.653. The Morgan fingerprint density at radius 2 is 2.08 bits per heavy atom. The first-order valence-electron chi connectivity index (χ1n) is 7.65. The van der Waals surface area contributed by atoms with Crippen LogP contribution in [0.15, 0.2) is 17.7 Å². The number of carbonyl (C=O) groups is 2. The van der Waals surface area contributed by atoms with Gasteiger partial charge in [0.1, 0.15) is 17.1 Å². The number of hydrogen-bond acceptors (Lipinski definition) is 5. The summed E-state index contributed by atoms with van der Waals surface area (Å²) in [5.41, 5.74) is -0.985. The van der Waals surface area contributed by atoms with Gasteiger partial charge in [-0.1, -0.05) is 11.6 Å². The van der Waals surface area contributed by atoms with E-state index in [1.807, 2.05) is 0 Å². The van der Waals surface area contributed by atoms with Gasteiger partial charge in [-0.25, -0.2) is 9.18 Å². The first-order chi connectivity index (χ1) is 11.4. The largest absolute Gasteiger partial charge is 0.506 e. The zero-order valence-corrected chi connectivity index (χ0v) is 13.8. The molecule has 1 aliphatic heterocycles. The number of esters is 1. The predicted molar refractivity (Wildman–Crippen MR) is 84.3 cm³/mol. The van der Waals surface area contributed by atoms with Crippen molar-refractivity contribution >= 4 is 29.1 Å². The van der Waals surface area contributed by atoms with Gasteiger partial charge < -0.3 is 14.6 Å². The van der Waals surface area contributed by atoms with Gasteiger partial charge in [0.25, 0.3) is 0 Å². The second-order valence-corrected chi connectivity index (χ2v) is 6.19. The molecule has 0 unspecified atom stereocenters. The smallest absolute Gasteiger partial charge is 0.345 e. The fraction of sp³-hybridized carbons (Fsp3) is 0.412. The first-order valence-corrected chi connectivity index (χ1v) is 8.03. The summed E-state index contributed by atoms with van der Waals surface area (Å²) >= 11 is 5.89. The summed E-state index contributed by atoms with van der Waals surface area (Å²) in [5.74, 6) is -2.74. The molecule has 5 nitrogen and oxygen atoms in total. The summed E-state index contributed by atoms with van der Waals surface area (Å²) in [6.07, 6.45) is 0.633. The number of aliphatic hydroxyl groups is 1. The maximum atomic E-state index is 13.9. The van der Waals surface area contributed by atoms with Crippen LogP contribution in [-0.2, 0) is 24.5 Å². The molecular formula is C17H16ClFO5. The number of carbonyl (C=O) groups excluding carboxylic acids is 2. The van der Waals surface area contributed by atoms with Crippen LogP contribution in [0, 0.1) is 5.82 Å². The molecule has 24 heavy (non-hydrogen) atoms. The summed E-state index contributed by atoms with van der Waals surface area (Å²) < 4.78 is 24.1. The third-order valence-electron chi connectivity index (χ3n) is 4.56. The zero-order valence-electron chi connectivity index (χ0n) is 13.0. The van der Waals surface area contributed by atoms with Crippen LogP contribution < -0.4 is 0 Å². The monoisotopic (exact) mass is 354 g/mol. The summed E-state index contributed by atoms with van der Waals surface area (Å²) in [7, 11) is 0. The van der Waals surface area contributed by atoms with Crippen LogP contribution >= 0.6 is 11.6 Å². The van der Waals surface area contributed by atoms with Crippen LogP contribution in [0.25, 0.3) is 5.76 Å². The highest BCUT2D eigenvalue weighted by Gasteiger charge is 2.51. The van der Waals surface area contributed by atoms with E-state index >= 15 is 0 Å². The van der Waals surface area contributed by atoms with Crippen LogP contribution in [0.3, 0.4) is 0 Å². The molecule has 3 rings (SSSR count). The van der Waals surface area contributed by atoms with E-state index in [1.54, 1.807) is 6.92 Å². The van der Waals surface area contributed by atoms with Gasteiger partial charge >= 0.3 is 5.97 Å². The second kappa shape index (κ2) is 6.18. The van der Waals surface area contributed by atoms with Gasteiger partial charge in [0.15, 0.2) is 5.78 Å². The molecule has 1 aromatic rings. The van der Waals surface area contributed by atoms with Crippen molar-refractivity contribution in [2.45, 2.75) is 25.2 Å². The molecule has 2 aliphatic rings. The number of rotatable bonds is 2. The minimum absolute atomic E-state index is 0.0564. The van der Waals surface area contributed by atoms with Gasteiger partial charge in [0.05, 0.1) is 17.0 Å². The van der Waals surface area contributed by atoms with E-state index in [4.69, 9.17) is 21.1 Å². The molecule has 0 bridgehead atoms. The van der Waals surface area contributed by atoms with E-state index in [1.165, 1.54) is 6.07 Å². The van der Waals surface area contributed by atoms with E-state index in [-0.39, 0.29) is 17.2 Å². The van der Waals surface area contributed by atoms with Gasteiger partial charge in [-0.15, -0.1) is 0 Å². The molecule has 1 spiro atoms. The minimum atomic E-state index is -1.07. The molecule has 1 aliphatic carbocycles. The molecule has 7 heteroatoms. The lowest BCUT2D eigenvalue weighted by molar-refractivity contribution is -0.141. The topological polar surface area (TPSA) is 72.8 Å². The number of benzene rings is 1. The fourth-order valence-corrected chi connectivity index (χ4v) is 3.52. The van der Waals surface area contributed by atoms with Crippen molar-refractivity contribution in [3.8, 4) is 0 Å². The Balaban J connectivity index is 2.27. The lowest BCUT2D eigenvalue weighted by atomic mass is 9.64. The number of aliphatic hydroxyl groups excluding tert-OH is 1. The molecule has 1 aromatic carbocycles. The molecule has 1 N–H and O–H groups in total. The van der Waals surface area contributed by atoms with Crippen LogP contribution in [0.4, 0.5) is 4.39 Å². The number of Topliss-reactive ketones (excluding diaryl/α,β-unsaturated/α-hetero) is 1. The highest BCUT2D eigenvalue weighted by atomic mass is 35.5. The molecule has 0 amide bonds. The van der Waals surface area contributed by atoms with Crippen molar-refractivity contribution in [3.63, 3.8) is 0 Å². The SMILES string of the molecule is CCOC(=O)C1=C(O)c2cc(F)c(Cl)cc2C2(CCOCC2)C1=O. The maximum Gasteiger partial charge on any atom is 0.345 e. The van der Waals surface area contributed by atoms with E-state index in [0.717, 1.165) is 6.07 Å². The minimum Gasteiger partial charge on any atom is -0.506 e. The molecule has 1 saturated heterocycles. The maximum absolute atomic E-state index is 13.9. The van der Waals surface area contributed by atoms with Gasteiger partial charge in [-0.3, -0.25) is 4.79 Å². The first kappa shape index (κ1) is 16.9. The van der Waals surface area contributed by atoms with Crippen molar-refractivity contribution in [3.05, 3.63) is 39.7 Å². The Kier molecular flexibility index (Phi) is 4.36. The average Bonchev–Trinajstić information content (AvgIpc) is 2.56. The number of hydrogen-bond donors (Lipinski definition) is 1. The molecule has 0 aromatic heterocycles. The second-order valence-electron chi connectivity index (χ2n) is 5.78. The van der Waals surface area contributed by atoms with E-state index < -0.39 is 34.3 Å². The molecule has 1 fully saturated rings. The molecule has 128 valence electrons. The van der Waals surface area contributed by atoms with Gasteiger partial charge in [-0.05, 0) is 37.5 Å². The van der Waals surface area contributed by atoms with Crippen molar-refractivity contribution in [1.82, 2.24) is 0 Å². The Morgan fingerprint density at radius 1 is 1.42 bits per heavy atom. The van der Waals surface area contributed by atoms with Crippen molar-refractivity contribution < 1.29 is 28.6 Å². The molecule has 0 saturated carbocycles. The van der Waals surface area contributed by atoms with Crippen LogP contribution in [0.2, 0.25) is 5.02 Å². The van der Waals surface area contributed by atoms with Crippen molar-refractivity contribution in [1.29, 1.82) is 0 Å². The number of fused-ring (bicyclic) bond motifs is 2. The van der Waals surface area contributed by atoms with E-state index in [0.29, 0.717) is 31.6 Å². The highest BCUT2D eigenvalue weighted by Crippen LogP contribution is 2.47. The lowest BCUT2D eigenvalue weighted by Crippen LogP contribution is -2.46. The number of ketones is 1. The Labute approximate surface area is 143 Å². The van der Waals surface area contributed by atoms with E-state index in [9.17, 15) is 19.1 Å². The third kappa shape index (κ3) is 2.41. The van der Waals surface area contributed by atoms with Gasteiger partial charge in [-0.2, -0.15) is 0 Å². The molecule has 0 atom stereocenters. The third-order valence-corrected chi connectivity index (χ3v) is 4.85. The standard InChI is InChI=1S/C17H16ClFO5/c1-2-24-16(22)13-14(20)9-7-12(19)11(18)8-10(9)17(15(13)21)3-5-23-6-4-17/h7-8,20H,2-6H2,1H3. The Morgan fingerprint density at radius 3 is 2.71 bits per heavy atom. The summed E-state index contributed by atoms with van der Waals surface area (Å²) in [4.78, 5) is 25.3. The highest BCUT2D eigenvalue weighted by molar-refractivity contribution is 6.31. The van der Waals surface area contributed by atoms with Crippen LogP contribution in [0.5, 0.6) is 0 Å². The van der Waals surface area contributed by atoms with Gasteiger partial charge in [0, 0.05) is 18.8 Å². The van der Waals surface area contributed by atoms with Crippen molar-refractivity contribution in [2.24, 2.45) is 0 Å². The van der Waals surface area contributed by atoms with Crippen LogP contribution in [-0.4, -0.2) is 36.7 Å². The predicted octanol–water partition coefficient (Wildman–Crippen LogP) is 2.94. The van der Waals surface area contributed by atoms with E-state index in [2.05, 4.69) is 0 Å². The normalized spacial score (nSPS) is 19.4. The number of halogens is 2. The van der Waals surface area contributed by atoms with Crippen LogP contribution in [0.1, 0.15) is 30.9 Å². The summed E-state index contributed by atoms with van der Waals surface area (Å²) in [6.45, 7) is 2.29. The number of ether oxygens (including phenoxy) is 2. The summed E-state index contributed by atoms with van der Waals surface area (Å²) in [5, 5.41) is 10.3. The summed E-state index contributed by atoms with van der Waals surface area (Å²) in [6, 6.07) is 2.41. The molecule has 1 heterocycles.